The first-order chi connectivity index (χ1) is 22.0. The molecule has 10 nitrogen and oxygen atoms in total. The molecule has 46 heavy (non-hydrogen) atoms. The van der Waals surface area contributed by atoms with E-state index in [2.05, 4.69) is 58.5 Å². The fourth-order valence-corrected chi connectivity index (χ4v) is 5.32. The van der Waals surface area contributed by atoms with Gasteiger partial charge in [-0.05, 0) is 69.2 Å². The number of carbonyl (C=O) groups excluding carboxylic acids is 2. The largest absolute Gasteiger partial charge is 0.493 e. The Kier molecular flexibility index (Phi) is 14.8. The second-order valence-electron chi connectivity index (χ2n) is 13.0. The molecule has 1 saturated heterocycles. The lowest BCUT2D eigenvalue weighted by molar-refractivity contribution is -0.119. The zero-order valence-electron chi connectivity index (χ0n) is 28.8. The molecule has 3 N–H and O–H groups in total. The van der Waals surface area contributed by atoms with Crippen LogP contribution < -0.4 is 15.8 Å². The average Bonchev–Trinajstić information content (AvgIpc) is 3.02. The van der Waals surface area contributed by atoms with Gasteiger partial charge in [0.2, 0.25) is 5.91 Å². The van der Waals surface area contributed by atoms with Crippen LogP contribution in [-0.2, 0) is 27.2 Å². The third-order valence-corrected chi connectivity index (χ3v) is 7.96. The summed E-state index contributed by atoms with van der Waals surface area (Å²) in [5.74, 6) is 0.813. The van der Waals surface area contributed by atoms with Crippen molar-refractivity contribution in [1.82, 2.24) is 15.1 Å². The number of hydrogen-bond acceptors (Lipinski definition) is 7. The molecule has 2 aromatic rings. The predicted octanol–water partition coefficient (Wildman–Crippen LogP) is 5.76. The van der Waals surface area contributed by atoms with E-state index in [0.717, 1.165) is 74.2 Å². The Morgan fingerprint density at radius 1 is 1.04 bits per heavy atom. The van der Waals surface area contributed by atoms with E-state index in [1.807, 2.05) is 33.9 Å². The molecule has 2 aromatic carbocycles. The number of carbonyl (C=O) groups is 2. The highest BCUT2D eigenvalue weighted by Gasteiger charge is 2.28. The number of amides is 2. The first kappa shape index (κ1) is 36.8. The number of piperidine rings is 1. The van der Waals surface area contributed by atoms with Crippen LogP contribution in [0, 0.1) is 0 Å². The minimum absolute atomic E-state index is 0.153. The van der Waals surface area contributed by atoms with E-state index in [1.54, 1.807) is 12.0 Å². The molecule has 2 amide bonds. The zero-order chi connectivity index (χ0) is 33.5. The Morgan fingerprint density at radius 3 is 2.39 bits per heavy atom. The van der Waals surface area contributed by atoms with Crippen molar-refractivity contribution in [3.63, 3.8) is 0 Å². The lowest BCUT2D eigenvalue weighted by Gasteiger charge is -2.37. The van der Waals surface area contributed by atoms with Gasteiger partial charge in [0.05, 0.1) is 6.61 Å². The maximum atomic E-state index is 12.5. The molecule has 0 bridgehead atoms. The fraction of sp³-hybridized carbons (Fsp3) is 0.583. The molecular formula is C36H55N5O5. The van der Waals surface area contributed by atoms with E-state index >= 15 is 0 Å². The summed E-state index contributed by atoms with van der Waals surface area (Å²) < 4.78 is 17.0. The van der Waals surface area contributed by atoms with E-state index in [0.29, 0.717) is 32.6 Å². The molecule has 1 heterocycles. The number of benzene rings is 2. The minimum atomic E-state index is -0.492. The molecule has 3 rings (SSSR count). The van der Waals surface area contributed by atoms with Gasteiger partial charge in [-0.15, -0.1) is 0 Å². The Balaban J connectivity index is 1.60. The smallest absolute Gasteiger partial charge is 0.410 e. The maximum Gasteiger partial charge on any atom is 0.410 e. The first-order valence-electron chi connectivity index (χ1n) is 16.6. The number of aryl methyl sites for hydroxylation is 1. The number of nitrogens with zero attached hydrogens (tertiary/aromatic N) is 3. The van der Waals surface area contributed by atoms with Crippen LogP contribution in [0.3, 0.4) is 0 Å². The third kappa shape index (κ3) is 12.6. The molecule has 254 valence electrons. The summed E-state index contributed by atoms with van der Waals surface area (Å²) >= 11 is 0. The van der Waals surface area contributed by atoms with Crippen molar-refractivity contribution in [2.24, 2.45) is 10.7 Å². The van der Waals surface area contributed by atoms with Gasteiger partial charge in [0, 0.05) is 71.4 Å². The molecule has 0 unspecified atom stereocenters. The highest BCUT2D eigenvalue weighted by molar-refractivity contribution is 5.96. The van der Waals surface area contributed by atoms with Gasteiger partial charge in [-0.3, -0.25) is 20.0 Å². The van der Waals surface area contributed by atoms with Gasteiger partial charge in [0.1, 0.15) is 11.4 Å². The number of nitrogens with two attached hydrogens (primary N) is 1. The summed E-state index contributed by atoms with van der Waals surface area (Å²) in [5.41, 5.74) is 9.69. The van der Waals surface area contributed by atoms with Crippen LogP contribution in [0.2, 0.25) is 0 Å². The highest BCUT2D eigenvalue weighted by Crippen LogP contribution is 2.32. The Labute approximate surface area is 275 Å². The molecule has 0 aliphatic carbocycles. The van der Waals surface area contributed by atoms with Crippen LogP contribution in [0.25, 0.3) is 11.1 Å². The minimum Gasteiger partial charge on any atom is -0.493 e. The zero-order valence-corrected chi connectivity index (χ0v) is 28.8. The van der Waals surface area contributed by atoms with Crippen molar-refractivity contribution >= 4 is 18.0 Å². The van der Waals surface area contributed by atoms with E-state index in [9.17, 15) is 9.59 Å². The standard InChI is InChI=1S/C36H55N5O5/c1-7-8-20-38-34(37)39-33(42)17-13-27-12-16-31(32(25-27)45-24-9-23-44-6)29-14-10-28(11-15-29)26-41-21-18-30(19-22-41)40(5)35(43)46-36(2,3)4/h10-12,14-16,25,30H,7-9,13,17-24,26H2,1-6H3,(H3,37,38,39,42). The Bertz CT molecular complexity index is 1270. The third-order valence-electron chi connectivity index (χ3n) is 7.96. The summed E-state index contributed by atoms with van der Waals surface area (Å²) in [6, 6.07) is 15.0. The predicted molar refractivity (Wildman–Crippen MR) is 184 cm³/mol. The molecule has 10 heteroatoms. The number of hydrogen-bond donors (Lipinski definition) is 2. The molecule has 0 spiro atoms. The van der Waals surface area contributed by atoms with Gasteiger partial charge in [0.15, 0.2) is 5.96 Å². The summed E-state index contributed by atoms with van der Waals surface area (Å²) in [5, 5.41) is 2.68. The quantitative estimate of drug-likeness (QED) is 0.145. The van der Waals surface area contributed by atoms with Crippen LogP contribution in [0.1, 0.15) is 77.3 Å². The van der Waals surface area contributed by atoms with Crippen LogP contribution in [0.5, 0.6) is 5.75 Å². The van der Waals surface area contributed by atoms with Gasteiger partial charge in [-0.2, -0.15) is 0 Å². The maximum absolute atomic E-state index is 12.5. The Hall–Kier alpha value is -3.63. The number of aliphatic imine (C=N–C) groups is 1. The number of guanidine groups is 1. The first-order valence-corrected chi connectivity index (χ1v) is 16.6. The van der Waals surface area contributed by atoms with Crippen molar-refractivity contribution in [2.45, 2.75) is 90.8 Å². The average molecular weight is 638 g/mol. The molecule has 0 aromatic heterocycles. The summed E-state index contributed by atoms with van der Waals surface area (Å²) in [6.45, 7) is 12.3. The van der Waals surface area contributed by atoms with E-state index in [1.165, 1.54) is 5.56 Å². The number of unbranched alkanes of at least 4 members (excludes halogenated alkanes) is 1. The molecule has 0 saturated carbocycles. The molecule has 0 radical (unpaired) electrons. The van der Waals surface area contributed by atoms with Crippen molar-refractivity contribution in [1.29, 1.82) is 0 Å². The fourth-order valence-electron chi connectivity index (χ4n) is 5.32. The van der Waals surface area contributed by atoms with E-state index in [-0.39, 0.29) is 24.0 Å². The van der Waals surface area contributed by atoms with Gasteiger partial charge in [-0.25, -0.2) is 4.79 Å². The van der Waals surface area contributed by atoms with Gasteiger partial charge in [0.25, 0.3) is 0 Å². The van der Waals surface area contributed by atoms with Crippen LogP contribution >= 0.6 is 0 Å². The van der Waals surface area contributed by atoms with Crippen LogP contribution in [-0.4, -0.2) is 86.4 Å². The van der Waals surface area contributed by atoms with E-state index < -0.39 is 5.60 Å². The number of nitrogens with one attached hydrogen (secondary N) is 1. The SMILES string of the molecule is CCCCN=C(N)NC(=O)CCc1ccc(-c2ccc(CN3CCC(N(C)C(=O)OC(C)(C)C)CC3)cc2)c(OCCCOC)c1. The molecular weight excluding hydrogens is 582 g/mol. The van der Waals surface area contributed by atoms with Gasteiger partial charge < -0.3 is 24.8 Å². The number of rotatable bonds is 15. The molecule has 1 fully saturated rings. The summed E-state index contributed by atoms with van der Waals surface area (Å²) in [7, 11) is 3.53. The molecule has 1 aliphatic heterocycles. The summed E-state index contributed by atoms with van der Waals surface area (Å²) in [4.78, 5) is 33.3. The van der Waals surface area contributed by atoms with E-state index in [4.69, 9.17) is 19.9 Å². The summed E-state index contributed by atoms with van der Waals surface area (Å²) in [6.07, 6.45) is 5.20. The van der Waals surface area contributed by atoms with Crippen LogP contribution in [0.15, 0.2) is 47.5 Å². The second kappa shape index (κ2) is 18.5. The lowest BCUT2D eigenvalue weighted by atomic mass is 9.99. The topological polar surface area (TPSA) is 119 Å². The van der Waals surface area contributed by atoms with Gasteiger partial charge >= 0.3 is 6.09 Å². The van der Waals surface area contributed by atoms with Crippen molar-refractivity contribution < 1.29 is 23.8 Å². The van der Waals surface area contributed by atoms with Crippen molar-refractivity contribution in [2.75, 3.05) is 47.0 Å². The number of methoxy groups -OCH3 is 1. The molecule has 1 aliphatic rings. The Morgan fingerprint density at radius 2 is 1.74 bits per heavy atom. The number of ether oxygens (including phenoxy) is 3. The van der Waals surface area contributed by atoms with Gasteiger partial charge in [-0.1, -0.05) is 49.7 Å². The highest BCUT2D eigenvalue weighted by atomic mass is 16.6. The number of likely N-dealkylation sites (tertiary alicyclic amines) is 1. The lowest BCUT2D eigenvalue weighted by Crippen LogP contribution is -2.46. The molecule has 0 atom stereocenters. The van der Waals surface area contributed by atoms with Crippen molar-refractivity contribution in [3.8, 4) is 16.9 Å². The van der Waals surface area contributed by atoms with Crippen LogP contribution in [0.4, 0.5) is 4.79 Å². The second-order valence-corrected chi connectivity index (χ2v) is 13.0. The normalized spacial score (nSPS) is 14.6. The monoisotopic (exact) mass is 637 g/mol. The van der Waals surface area contributed by atoms with Crippen molar-refractivity contribution in [3.05, 3.63) is 53.6 Å².